The number of sulfone groups is 1. The van der Waals surface area contributed by atoms with E-state index in [2.05, 4.69) is 9.47 Å². The predicted molar refractivity (Wildman–Crippen MR) is 59.0 cm³/mol. The van der Waals surface area contributed by atoms with Crippen molar-refractivity contribution < 1.29 is 22.7 Å². The van der Waals surface area contributed by atoms with E-state index in [-0.39, 0.29) is 17.6 Å². The van der Waals surface area contributed by atoms with Gasteiger partial charge in [-0.3, -0.25) is 0 Å². The lowest BCUT2D eigenvalue weighted by Gasteiger charge is -2.21. The summed E-state index contributed by atoms with van der Waals surface area (Å²) in [5, 5.41) is -0.248. The van der Waals surface area contributed by atoms with Crippen molar-refractivity contribution in [1.29, 1.82) is 0 Å². The summed E-state index contributed by atoms with van der Waals surface area (Å²) in [5.41, 5.74) is 0. The Morgan fingerprint density at radius 1 is 1.25 bits per heavy atom. The van der Waals surface area contributed by atoms with Gasteiger partial charge in [0.15, 0.2) is 9.84 Å². The first kappa shape index (κ1) is 13.3. The van der Waals surface area contributed by atoms with Crippen LogP contribution in [0.4, 0.5) is 4.79 Å². The Kier molecular flexibility index (Phi) is 5.05. The number of methoxy groups -OCH3 is 1. The molecular formula is C10H18O5S. The maximum Gasteiger partial charge on any atom is 0.508 e. The Hall–Kier alpha value is -0.780. The molecule has 1 aliphatic carbocycles. The first-order valence-corrected chi connectivity index (χ1v) is 7.20. The zero-order valence-electron chi connectivity index (χ0n) is 9.48. The van der Waals surface area contributed by atoms with Gasteiger partial charge in [-0.05, 0) is 12.8 Å². The number of carbonyl (C=O) groups is 1. The van der Waals surface area contributed by atoms with Crippen LogP contribution in [0.5, 0.6) is 0 Å². The maximum absolute atomic E-state index is 11.8. The van der Waals surface area contributed by atoms with Crippen molar-refractivity contribution in [2.45, 2.75) is 37.4 Å². The Morgan fingerprint density at radius 3 is 2.44 bits per heavy atom. The third-order valence-electron chi connectivity index (χ3n) is 2.81. The molecule has 0 aliphatic heterocycles. The lowest BCUT2D eigenvalue weighted by molar-refractivity contribution is 0.0776. The van der Waals surface area contributed by atoms with E-state index in [0.29, 0.717) is 0 Å². The van der Waals surface area contributed by atoms with Crippen LogP contribution in [0.15, 0.2) is 0 Å². The summed E-state index contributed by atoms with van der Waals surface area (Å²) in [6.07, 6.45) is 3.70. The van der Waals surface area contributed by atoms with Crippen LogP contribution in [0.2, 0.25) is 0 Å². The smallest absolute Gasteiger partial charge is 0.438 e. The zero-order chi connectivity index (χ0) is 12.0. The molecule has 0 aromatic rings. The van der Waals surface area contributed by atoms with Gasteiger partial charge in [-0.1, -0.05) is 19.3 Å². The summed E-state index contributed by atoms with van der Waals surface area (Å²) < 4.78 is 32.5. The lowest BCUT2D eigenvalue weighted by Crippen LogP contribution is -2.28. The average molecular weight is 250 g/mol. The van der Waals surface area contributed by atoms with Gasteiger partial charge in [-0.15, -0.1) is 0 Å². The van der Waals surface area contributed by atoms with E-state index < -0.39 is 16.0 Å². The van der Waals surface area contributed by atoms with E-state index >= 15 is 0 Å². The quantitative estimate of drug-likeness (QED) is 0.707. The first-order valence-electron chi connectivity index (χ1n) is 5.48. The Labute approximate surface area is 96.0 Å². The van der Waals surface area contributed by atoms with Crippen LogP contribution in [0.1, 0.15) is 32.1 Å². The second-order valence-electron chi connectivity index (χ2n) is 3.93. The third-order valence-corrected chi connectivity index (χ3v) is 5.04. The van der Waals surface area contributed by atoms with E-state index in [1.54, 1.807) is 0 Å². The normalized spacial score (nSPS) is 18.1. The molecule has 0 aromatic carbocycles. The predicted octanol–water partition coefficient (Wildman–Crippen LogP) is 1.52. The van der Waals surface area contributed by atoms with Gasteiger partial charge in [0.2, 0.25) is 0 Å². The van der Waals surface area contributed by atoms with Gasteiger partial charge in [-0.2, -0.15) is 0 Å². The molecule has 0 saturated heterocycles. The van der Waals surface area contributed by atoms with E-state index in [1.165, 1.54) is 7.11 Å². The number of rotatable bonds is 4. The molecule has 0 bridgehead atoms. The van der Waals surface area contributed by atoms with Crippen molar-refractivity contribution in [1.82, 2.24) is 0 Å². The zero-order valence-corrected chi connectivity index (χ0v) is 10.3. The number of carbonyl (C=O) groups excluding carboxylic acids is 1. The highest BCUT2D eigenvalue weighted by Crippen LogP contribution is 2.24. The number of ether oxygens (including phenoxy) is 2. The highest BCUT2D eigenvalue weighted by Gasteiger charge is 2.27. The molecule has 0 spiro atoms. The molecule has 0 radical (unpaired) electrons. The third kappa shape index (κ3) is 4.00. The van der Waals surface area contributed by atoms with Gasteiger partial charge in [0, 0.05) is 0 Å². The van der Waals surface area contributed by atoms with Crippen LogP contribution in [-0.2, 0) is 19.3 Å². The molecule has 0 unspecified atom stereocenters. The Balaban J connectivity index is 2.36. The SMILES string of the molecule is COC(=O)OCCS(=O)(=O)C1CCCCC1. The van der Waals surface area contributed by atoms with E-state index in [0.717, 1.165) is 32.1 Å². The van der Waals surface area contributed by atoms with Gasteiger partial charge in [0.1, 0.15) is 6.61 Å². The van der Waals surface area contributed by atoms with Crippen molar-refractivity contribution in [2.24, 2.45) is 0 Å². The second kappa shape index (κ2) is 6.08. The Bertz CT molecular complexity index is 316. The maximum atomic E-state index is 11.8. The molecule has 0 aromatic heterocycles. The summed E-state index contributed by atoms with van der Waals surface area (Å²) in [4.78, 5) is 10.6. The Morgan fingerprint density at radius 2 is 1.88 bits per heavy atom. The first-order chi connectivity index (χ1) is 7.56. The van der Waals surface area contributed by atoms with Crippen molar-refractivity contribution in [3.63, 3.8) is 0 Å². The van der Waals surface area contributed by atoms with Crippen molar-refractivity contribution in [3.8, 4) is 0 Å². The molecule has 94 valence electrons. The molecule has 0 amide bonds. The minimum Gasteiger partial charge on any atom is -0.438 e. The summed E-state index contributed by atoms with van der Waals surface area (Å²) >= 11 is 0. The molecular weight excluding hydrogens is 232 g/mol. The van der Waals surface area contributed by atoms with Crippen LogP contribution in [0, 0.1) is 0 Å². The second-order valence-corrected chi connectivity index (χ2v) is 6.33. The minimum absolute atomic E-state index is 0.104. The van der Waals surface area contributed by atoms with Crippen LogP contribution in [0.3, 0.4) is 0 Å². The molecule has 0 N–H and O–H groups in total. The average Bonchev–Trinajstić information content (AvgIpc) is 2.30. The lowest BCUT2D eigenvalue weighted by atomic mass is 10.0. The summed E-state index contributed by atoms with van der Waals surface area (Å²) in [6, 6.07) is 0. The van der Waals surface area contributed by atoms with Crippen molar-refractivity contribution in [3.05, 3.63) is 0 Å². The molecule has 1 rings (SSSR count). The van der Waals surface area contributed by atoms with E-state index in [1.807, 2.05) is 0 Å². The summed E-state index contributed by atoms with van der Waals surface area (Å²) in [5.74, 6) is -0.104. The van der Waals surface area contributed by atoms with Crippen molar-refractivity contribution in [2.75, 3.05) is 19.5 Å². The van der Waals surface area contributed by atoms with Crippen molar-refractivity contribution >= 4 is 16.0 Å². The number of hydrogen-bond acceptors (Lipinski definition) is 5. The van der Waals surface area contributed by atoms with Crippen LogP contribution in [0.25, 0.3) is 0 Å². The van der Waals surface area contributed by atoms with E-state index in [9.17, 15) is 13.2 Å². The van der Waals surface area contributed by atoms with Crippen LogP contribution in [-0.4, -0.2) is 39.3 Å². The molecule has 0 heterocycles. The number of hydrogen-bond donors (Lipinski definition) is 0. The van der Waals surface area contributed by atoms with Gasteiger partial charge in [-0.25, -0.2) is 13.2 Å². The molecule has 0 atom stereocenters. The summed E-state index contributed by atoms with van der Waals surface area (Å²) in [6.45, 7) is -0.120. The fourth-order valence-electron chi connectivity index (χ4n) is 1.89. The van der Waals surface area contributed by atoms with Gasteiger partial charge >= 0.3 is 6.16 Å². The molecule has 1 aliphatic rings. The monoisotopic (exact) mass is 250 g/mol. The minimum atomic E-state index is -3.12. The standard InChI is InChI=1S/C10H18O5S/c1-14-10(11)15-7-8-16(12,13)9-5-3-2-4-6-9/h9H,2-8H2,1H3. The highest BCUT2D eigenvalue weighted by atomic mass is 32.2. The fraction of sp³-hybridized carbons (Fsp3) is 0.900. The van der Waals surface area contributed by atoms with Gasteiger partial charge < -0.3 is 9.47 Å². The topological polar surface area (TPSA) is 69.7 Å². The molecule has 1 saturated carbocycles. The van der Waals surface area contributed by atoms with E-state index in [4.69, 9.17) is 0 Å². The van der Waals surface area contributed by atoms with Crippen LogP contribution < -0.4 is 0 Å². The molecule has 6 heteroatoms. The fourth-order valence-corrected chi connectivity index (χ4v) is 3.59. The molecule has 5 nitrogen and oxygen atoms in total. The van der Waals surface area contributed by atoms with Gasteiger partial charge in [0.25, 0.3) is 0 Å². The van der Waals surface area contributed by atoms with Crippen LogP contribution >= 0.6 is 0 Å². The summed E-state index contributed by atoms with van der Waals surface area (Å²) in [7, 11) is -1.93. The largest absolute Gasteiger partial charge is 0.508 e. The molecule has 16 heavy (non-hydrogen) atoms. The van der Waals surface area contributed by atoms with Gasteiger partial charge in [0.05, 0.1) is 18.1 Å². The highest BCUT2D eigenvalue weighted by molar-refractivity contribution is 7.92. The molecule has 1 fully saturated rings.